The number of carbonyl (C=O) groups is 3. The van der Waals surface area contributed by atoms with E-state index in [1.54, 1.807) is 18.7 Å². The summed E-state index contributed by atoms with van der Waals surface area (Å²) in [7, 11) is 0. The lowest BCUT2D eigenvalue weighted by molar-refractivity contribution is -0.146. The van der Waals surface area contributed by atoms with Gasteiger partial charge in [-0.25, -0.2) is 0 Å². The van der Waals surface area contributed by atoms with Crippen molar-refractivity contribution in [2.75, 3.05) is 13.1 Å². The monoisotopic (exact) mass is 628 g/mol. The van der Waals surface area contributed by atoms with Crippen LogP contribution in [0.2, 0.25) is 10.0 Å². The highest BCUT2D eigenvalue weighted by atomic mass is 35.5. The van der Waals surface area contributed by atoms with E-state index in [1.165, 1.54) is 12.1 Å². The molecule has 1 aliphatic carbocycles. The van der Waals surface area contributed by atoms with Gasteiger partial charge in [0.25, 0.3) is 0 Å². The number of phenols is 1. The number of guanidine groups is 1. The van der Waals surface area contributed by atoms with E-state index in [4.69, 9.17) is 34.7 Å². The number of aliphatic hydroxyl groups is 2. The number of aliphatic hydroxyl groups excluding tert-OH is 2. The van der Waals surface area contributed by atoms with Crippen molar-refractivity contribution >= 4 is 46.9 Å². The maximum Gasteiger partial charge on any atom is 0.249 e. The Labute approximate surface area is 255 Å². The highest BCUT2D eigenvalue weighted by molar-refractivity contribution is 6.37. The van der Waals surface area contributed by atoms with Crippen molar-refractivity contribution in [2.24, 2.45) is 28.3 Å². The summed E-state index contributed by atoms with van der Waals surface area (Å²) in [6.45, 7) is 4.37. The fraction of sp³-hybridized carbons (Fsp3) is 0.643. The van der Waals surface area contributed by atoms with E-state index in [-0.39, 0.29) is 52.0 Å². The van der Waals surface area contributed by atoms with Gasteiger partial charge in [0.2, 0.25) is 17.7 Å². The summed E-state index contributed by atoms with van der Waals surface area (Å²) < 4.78 is 0. The molecule has 42 heavy (non-hydrogen) atoms. The molecule has 1 saturated carbocycles. The largest absolute Gasteiger partial charge is 0.505 e. The Morgan fingerprint density at radius 1 is 1.12 bits per heavy atom. The summed E-state index contributed by atoms with van der Waals surface area (Å²) in [6.07, 6.45) is 1.16. The second-order valence-corrected chi connectivity index (χ2v) is 12.3. The van der Waals surface area contributed by atoms with Gasteiger partial charge in [0.15, 0.2) is 11.7 Å². The number of likely N-dealkylation sites (tertiary alicyclic amines) is 1. The number of hydrogen-bond donors (Lipinski definition) is 7. The molecule has 1 aromatic rings. The molecule has 12 nitrogen and oxygen atoms in total. The number of hydrogen-bond acceptors (Lipinski definition) is 7. The second kappa shape index (κ2) is 15.1. The van der Waals surface area contributed by atoms with Crippen LogP contribution in [-0.4, -0.2) is 87.3 Å². The highest BCUT2D eigenvalue weighted by Gasteiger charge is 2.50. The van der Waals surface area contributed by atoms with Crippen LogP contribution in [0.1, 0.15) is 57.9 Å². The third-order valence-electron chi connectivity index (χ3n) is 7.92. The number of nitrogens with zero attached hydrogens (tertiary/aromatic N) is 2. The van der Waals surface area contributed by atoms with E-state index >= 15 is 0 Å². The molecule has 234 valence electrons. The maximum absolute atomic E-state index is 14.1. The molecular formula is C28H42Cl2N6O6. The Balaban J connectivity index is 1.72. The molecule has 0 aromatic heterocycles. The van der Waals surface area contributed by atoms with Gasteiger partial charge in [-0.2, -0.15) is 0 Å². The van der Waals surface area contributed by atoms with Gasteiger partial charge in [-0.1, -0.05) is 37.0 Å². The number of rotatable bonds is 12. The molecule has 0 radical (unpaired) electrons. The quantitative estimate of drug-likeness (QED) is 0.101. The molecule has 2 fully saturated rings. The first-order valence-corrected chi connectivity index (χ1v) is 15.0. The summed E-state index contributed by atoms with van der Waals surface area (Å²) in [6, 6.07) is 0.676. The topological polar surface area (TPSA) is 204 Å². The predicted molar refractivity (Wildman–Crippen MR) is 160 cm³/mol. The molecule has 0 spiro atoms. The maximum atomic E-state index is 14.1. The average molecular weight is 630 g/mol. The minimum atomic E-state index is -1.53. The van der Waals surface area contributed by atoms with Crippen molar-refractivity contribution in [3.8, 4) is 5.75 Å². The first-order valence-electron chi connectivity index (χ1n) is 14.3. The Morgan fingerprint density at radius 3 is 2.40 bits per heavy atom. The molecule has 14 heteroatoms. The molecule has 2 aliphatic rings. The molecule has 0 unspecified atom stereocenters. The molecule has 3 rings (SSSR count). The van der Waals surface area contributed by atoms with Gasteiger partial charge in [0.1, 0.15) is 18.2 Å². The van der Waals surface area contributed by atoms with Crippen LogP contribution in [0.3, 0.4) is 0 Å². The van der Waals surface area contributed by atoms with Gasteiger partial charge >= 0.3 is 0 Å². The third-order valence-corrected chi connectivity index (χ3v) is 8.50. The second-order valence-electron chi connectivity index (χ2n) is 11.5. The highest BCUT2D eigenvalue weighted by Crippen LogP contribution is 2.40. The van der Waals surface area contributed by atoms with E-state index in [2.05, 4.69) is 15.6 Å². The van der Waals surface area contributed by atoms with E-state index in [0.717, 1.165) is 0 Å². The average Bonchev–Trinajstić information content (AvgIpc) is 3.29. The fourth-order valence-corrected chi connectivity index (χ4v) is 6.27. The SMILES string of the molecule is CC(C)[C@@H](NC(=O)[C@H](O)Cc1cc(Cl)c(O)c(Cl)c1)C(=O)N1[C@H](C(=O)NCCCCN=C(N)N)C[C@@H]2CC[C@@H](O)C[C@@H]21. The number of aromatic hydroxyl groups is 1. The normalized spacial score (nSPS) is 23.2. The molecule has 6 atom stereocenters. The molecule has 1 aliphatic heterocycles. The molecule has 9 N–H and O–H groups in total. The molecule has 1 heterocycles. The zero-order valence-corrected chi connectivity index (χ0v) is 25.4. The van der Waals surface area contributed by atoms with Crippen molar-refractivity contribution in [3.63, 3.8) is 0 Å². The number of unbranched alkanes of at least 4 members (excludes halogenated alkanes) is 1. The fourth-order valence-electron chi connectivity index (χ4n) is 5.74. The van der Waals surface area contributed by atoms with Gasteiger partial charge in [-0.3, -0.25) is 19.4 Å². The summed E-state index contributed by atoms with van der Waals surface area (Å²) in [5.74, 6) is -2.10. The van der Waals surface area contributed by atoms with E-state index < -0.39 is 36.1 Å². The van der Waals surface area contributed by atoms with Crippen molar-refractivity contribution in [2.45, 2.75) is 89.1 Å². The summed E-state index contributed by atoms with van der Waals surface area (Å²) >= 11 is 11.9. The lowest BCUT2D eigenvalue weighted by Gasteiger charge is -2.38. The van der Waals surface area contributed by atoms with E-state index in [0.29, 0.717) is 57.2 Å². The lowest BCUT2D eigenvalue weighted by Crippen LogP contribution is -2.59. The Bertz CT molecular complexity index is 1140. The van der Waals surface area contributed by atoms with Crippen LogP contribution in [0, 0.1) is 11.8 Å². The molecule has 1 saturated heterocycles. The van der Waals surface area contributed by atoms with Gasteiger partial charge in [-0.05, 0) is 68.1 Å². The summed E-state index contributed by atoms with van der Waals surface area (Å²) in [5, 5.41) is 36.4. The smallest absolute Gasteiger partial charge is 0.249 e. The van der Waals surface area contributed by atoms with Gasteiger partial charge in [-0.15, -0.1) is 0 Å². The van der Waals surface area contributed by atoms with E-state index in [1.807, 2.05) is 0 Å². The number of nitrogens with one attached hydrogen (secondary N) is 2. The number of fused-ring (bicyclic) bond motifs is 1. The van der Waals surface area contributed by atoms with Crippen LogP contribution >= 0.6 is 23.2 Å². The Hall–Kier alpha value is -2.80. The first kappa shape index (κ1) is 33.7. The lowest BCUT2D eigenvalue weighted by atomic mass is 9.83. The van der Waals surface area contributed by atoms with Crippen LogP contribution < -0.4 is 22.1 Å². The van der Waals surface area contributed by atoms with Crippen LogP contribution in [0.5, 0.6) is 5.75 Å². The number of aliphatic imine (C=N–C) groups is 1. The standard InChI is InChI=1S/C28H42Cl2N6O6/c1-14(2)23(35-26(41)22(38)11-15-9-18(29)24(39)19(30)10-15)27(42)36-20-13-17(37)6-5-16(20)12-21(36)25(40)33-7-3-4-8-34-28(31)32/h9-10,14,16-17,20-23,37-39H,3-8,11-13H2,1-2H3,(H,33,40)(H,35,41)(H4,31,32,34)/t16-,17+,20-,21-,22+,23+/m0/s1. The van der Waals surface area contributed by atoms with Crippen LogP contribution in [0.4, 0.5) is 0 Å². The van der Waals surface area contributed by atoms with Gasteiger partial charge in [0, 0.05) is 25.6 Å². The van der Waals surface area contributed by atoms with Gasteiger partial charge in [0.05, 0.1) is 16.1 Å². The number of halogens is 2. The number of phenolic OH excluding ortho intramolecular Hbond substituents is 1. The number of benzene rings is 1. The Kier molecular flexibility index (Phi) is 12.1. The predicted octanol–water partition coefficient (Wildman–Crippen LogP) is 1.04. The minimum absolute atomic E-state index is 0.0115. The summed E-state index contributed by atoms with van der Waals surface area (Å²) in [4.78, 5) is 45.9. The van der Waals surface area contributed by atoms with Crippen LogP contribution in [-0.2, 0) is 20.8 Å². The van der Waals surface area contributed by atoms with Crippen molar-refractivity contribution in [1.29, 1.82) is 0 Å². The zero-order chi connectivity index (χ0) is 31.1. The zero-order valence-electron chi connectivity index (χ0n) is 23.9. The molecule has 0 bridgehead atoms. The molecular weight excluding hydrogens is 587 g/mol. The molecule has 1 aromatic carbocycles. The number of nitrogens with two attached hydrogens (primary N) is 2. The van der Waals surface area contributed by atoms with E-state index in [9.17, 15) is 29.7 Å². The van der Waals surface area contributed by atoms with Crippen molar-refractivity contribution in [1.82, 2.24) is 15.5 Å². The number of amides is 3. The Morgan fingerprint density at radius 2 is 1.79 bits per heavy atom. The van der Waals surface area contributed by atoms with Crippen LogP contribution in [0.25, 0.3) is 0 Å². The first-order chi connectivity index (χ1) is 19.8. The molecule has 3 amide bonds. The minimum Gasteiger partial charge on any atom is -0.505 e. The van der Waals surface area contributed by atoms with Gasteiger partial charge < -0.3 is 42.3 Å². The van der Waals surface area contributed by atoms with Crippen LogP contribution in [0.15, 0.2) is 17.1 Å². The summed E-state index contributed by atoms with van der Waals surface area (Å²) in [5.41, 5.74) is 11.1. The van der Waals surface area contributed by atoms with Crippen molar-refractivity contribution in [3.05, 3.63) is 27.7 Å². The van der Waals surface area contributed by atoms with Crippen molar-refractivity contribution < 1.29 is 29.7 Å². The number of carbonyl (C=O) groups excluding carboxylic acids is 3. The third kappa shape index (κ3) is 8.62.